The summed E-state index contributed by atoms with van der Waals surface area (Å²) in [6.07, 6.45) is 3.45. The van der Waals surface area contributed by atoms with Crippen LogP contribution in [0.4, 0.5) is 5.69 Å². The van der Waals surface area contributed by atoms with Crippen LogP contribution in [0.15, 0.2) is 54.6 Å². The Morgan fingerprint density at radius 1 is 1.16 bits per heavy atom. The number of benzene rings is 2. The molecule has 4 heteroatoms. The second-order valence-corrected chi connectivity index (χ2v) is 5.85. The van der Waals surface area contributed by atoms with E-state index in [0.29, 0.717) is 12.2 Å². The summed E-state index contributed by atoms with van der Waals surface area (Å²) in [5.41, 5.74) is 2.75. The minimum Gasteiger partial charge on any atom is -0.494 e. The fourth-order valence-electron chi connectivity index (χ4n) is 2.79. The highest BCUT2D eigenvalue weighted by molar-refractivity contribution is 6.07. The summed E-state index contributed by atoms with van der Waals surface area (Å²) in [5, 5.41) is 0. The molecule has 4 nitrogen and oxygen atoms in total. The van der Waals surface area contributed by atoms with Crippen molar-refractivity contribution in [3.63, 3.8) is 0 Å². The van der Waals surface area contributed by atoms with E-state index in [1.54, 1.807) is 6.08 Å². The molecule has 0 radical (unpaired) electrons. The van der Waals surface area contributed by atoms with Gasteiger partial charge in [-0.25, -0.2) is 0 Å². The first-order valence-electron chi connectivity index (χ1n) is 8.64. The summed E-state index contributed by atoms with van der Waals surface area (Å²) < 4.78 is 10.8. The van der Waals surface area contributed by atoms with Crippen molar-refractivity contribution < 1.29 is 14.3 Å². The van der Waals surface area contributed by atoms with Gasteiger partial charge in [0.1, 0.15) is 5.75 Å². The van der Waals surface area contributed by atoms with Crippen molar-refractivity contribution in [2.45, 2.75) is 6.92 Å². The molecule has 0 spiro atoms. The molecule has 1 aliphatic rings. The van der Waals surface area contributed by atoms with Gasteiger partial charge in [-0.3, -0.25) is 4.79 Å². The van der Waals surface area contributed by atoms with Crippen LogP contribution >= 0.6 is 0 Å². The number of carbonyl (C=O) groups excluding carboxylic acids is 1. The predicted octanol–water partition coefficient (Wildman–Crippen LogP) is 3.82. The van der Waals surface area contributed by atoms with E-state index in [1.807, 2.05) is 61.5 Å². The van der Waals surface area contributed by atoms with Crippen LogP contribution in [0.5, 0.6) is 5.75 Å². The van der Waals surface area contributed by atoms with Crippen molar-refractivity contribution in [3.05, 3.63) is 65.7 Å². The predicted molar refractivity (Wildman–Crippen MR) is 100 cm³/mol. The lowest BCUT2D eigenvalue weighted by Crippen LogP contribution is -2.36. The molecule has 0 saturated carbocycles. The van der Waals surface area contributed by atoms with Gasteiger partial charge in [0.25, 0.3) is 0 Å². The molecule has 1 saturated heterocycles. The summed E-state index contributed by atoms with van der Waals surface area (Å²) in [5.74, 6) is 0.841. The zero-order valence-corrected chi connectivity index (χ0v) is 14.5. The zero-order chi connectivity index (χ0) is 17.5. The third kappa shape index (κ3) is 4.70. The Bertz CT molecular complexity index is 731. The highest BCUT2D eigenvalue weighted by atomic mass is 16.5. The molecule has 25 heavy (non-hydrogen) atoms. The van der Waals surface area contributed by atoms with Crippen LogP contribution in [0.2, 0.25) is 0 Å². The molecule has 130 valence electrons. The average Bonchev–Trinajstić information content (AvgIpc) is 2.68. The molecular weight excluding hydrogens is 314 g/mol. The van der Waals surface area contributed by atoms with Crippen molar-refractivity contribution in [1.82, 2.24) is 0 Å². The molecule has 0 bridgehead atoms. The standard InChI is InChI=1S/C21H23NO3/c1-2-25-20-9-6-17(7-10-20)8-11-21(23)18-4-3-5-19(16-18)22-12-14-24-15-13-22/h3-11,16H,2,12-15H2,1H3. The molecular formula is C21H23NO3. The number of allylic oxidation sites excluding steroid dienone is 1. The maximum absolute atomic E-state index is 12.5. The second-order valence-electron chi connectivity index (χ2n) is 5.85. The highest BCUT2D eigenvalue weighted by Gasteiger charge is 2.12. The highest BCUT2D eigenvalue weighted by Crippen LogP contribution is 2.19. The number of morpholine rings is 1. The Kier molecular flexibility index (Phi) is 5.86. The SMILES string of the molecule is CCOc1ccc(C=CC(=O)c2cccc(N3CCOCC3)c2)cc1. The van der Waals surface area contributed by atoms with E-state index >= 15 is 0 Å². The molecule has 3 rings (SSSR count). The van der Waals surface area contributed by atoms with Crippen molar-refractivity contribution in [1.29, 1.82) is 0 Å². The van der Waals surface area contributed by atoms with E-state index < -0.39 is 0 Å². The van der Waals surface area contributed by atoms with Gasteiger partial charge in [0, 0.05) is 24.3 Å². The second kappa shape index (κ2) is 8.49. The van der Waals surface area contributed by atoms with Gasteiger partial charge in [-0.15, -0.1) is 0 Å². The van der Waals surface area contributed by atoms with Gasteiger partial charge < -0.3 is 14.4 Å². The van der Waals surface area contributed by atoms with Gasteiger partial charge in [0.15, 0.2) is 5.78 Å². The summed E-state index contributed by atoms with van der Waals surface area (Å²) >= 11 is 0. The number of anilines is 1. The average molecular weight is 337 g/mol. The van der Waals surface area contributed by atoms with Crippen LogP contribution in [0.3, 0.4) is 0 Å². The van der Waals surface area contributed by atoms with Crippen LogP contribution < -0.4 is 9.64 Å². The van der Waals surface area contributed by atoms with Gasteiger partial charge in [-0.2, -0.15) is 0 Å². The number of carbonyl (C=O) groups is 1. The number of hydrogen-bond acceptors (Lipinski definition) is 4. The van der Waals surface area contributed by atoms with Crippen molar-refractivity contribution in [2.24, 2.45) is 0 Å². The third-order valence-corrected chi connectivity index (χ3v) is 4.13. The van der Waals surface area contributed by atoms with E-state index in [0.717, 1.165) is 43.3 Å². The lowest BCUT2D eigenvalue weighted by Gasteiger charge is -2.29. The van der Waals surface area contributed by atoms with E-state index in [9.17, 15) is 4.79 Å². The minimum atomic E-state index is 0.00370. The first kappa shape index (κ1) is 17.2. The number of nitrogens with zero attached hydrogens (tertiary/aromatic N) is 1. The largest absolute Gasteiger partial charge is 0.494 e. The lowest BCUT2D eigenvalue weighted by atomic mass is 10.1. The third-order valence-electron chi connectivity index (χ3n) is 4.13. The first-order valence-corrected chi connectivity index (χ1v) is 8.64. The van der Waals surface area contributed by atoms with Gasteiger partial charge in [0.2, 0.25) is 0 Å². The number of hydrogen-bond donors (Lipinski definition) is 0. The molecule has 0 aromatic heterocycles. The zero-order valence-electron chi connectivity index (χ0n) is 14.5. The van der Waals surface area contributed by atoms with E-state index in [1.165, 1.54) is 0 Å². The van der Waals surface area contributed by atoms with Gasteiger partial charge in [0.05, 0.1) is 19.8 Å². The molecule has 0 aliphatic carbocycles. The van der Waals surface area contributed by atoms with Crippen molar-refractivity contribution in [3.8, 4) is 5.75 Å². The number of ether oxygens (including phenoxy) is 2. The quantitative estimate of drug-likeness (QED) is 0.593. The summed E-state index contributed by atoms with van der Waals surface area (Å²) in [6, 6.07) is 15.5. The fourth-order valence-corrected chi connectivity index (χ4v) is 2.79. The minimum absolute atomic E-state index is 0.00370. The summed E-state index contributed by atoms with van der Waals surface area (Å²) in [7, 11) is 0. The summed E-state index contributed by atoms with van der Waals surface area (Å²) in [4.78, 5) is 14.7. The lowest BCUT2D eigenvalue weighted by molar-refractivity contribution is 0.104. The normalized spacial score (nSPS) is 14.7. The van der Waals surface area contributed by atoms with Gasteiger partial charge in [-0.1, -0.05) is 30.3 Å². The Morgan fingerprint density at radius 2 is 1.92 bits per heavy atom. The smallest absolute Gasteiger partial charge is 0.185 e. The van der Waals surface area contributed by atoms with E-state index in [2.05, 4.69) is 4.90 Å². The molecule has 2 aromatic carbocycles. The molecule has 1 fully saturated rings. The number of ketones is 1. The monoisotopic (exact) mass is 337 g/mol. The first-order chi connectivity index (χ1) is 12.3. The Hall–Kier alpha value is -2.59. The van der Waals surface area contributed by atoms with Crippen molar-refractivity contribution in [2.75, 3.05) is 37.8 Å². The molecule has 0 atom stereocenters. The van der Waals surface area contributed by atoms with E-state index in [-0.39, 0.29) is 5.78 Å². The fraction of sp³-hybridized carbons (Fsp3) is 0.286. The molecule has 0 N–H and O–H groups in total. The van der Waals surface area contributed by atoms with Crippen LogP contribution in [-0.2, 0) is 4.74 Å². The van der Waals surface area contributed by atoms with Gasteiger partial charge >= 0.3 is 0 Å². The molecule has 1 aliphatic heterocycles. The molecule has 1 heterocycles. The van der Waals surface area contributed by atoms with Crippen molar-refractivity contribution >= 4 is 17.5 Å². The molecule has 2 aromatic rings. The topological polar surface area (TPSA) is 38.8 Å². The Balaban J connectivity index is 1.68. The maximum Gasteiger partial charge on any atom is 0.185 e. The van der Waals surface area contributed by atoms with E-state index in [4.69, 9.17) is 9.47 Å². The van der Waals surface area contributed by atoms with Crippen LogP contribution in [0, 0.1) is 0 Å². The maximum atomic E-state index is 12.5. The summed E-state index contributed by atoms with van der Waals surface area (Å²) in [6.45, 7) is 5.79. The van der Waals surface area contributed by atoms with Crippen LogP contribution in [0.1, 0.15) is 22.8 Å². The van der Waals surface area contributed by atoms with Crippen LogP contribution in [-0.4, -0.2) is 38.7 Å². The Labute approximate surface area is 148 Å². The van der Waals surface area contributed by atoms with Gasteiger partial charge in [-0.05, 0) is 42.8 Å². The number of rotatable bonds is 6. The Morgan fingerprint density at radius 3 is 2.64 bits per heavy atom. The van der Waals surface area contributed by atoms with Crippen LogP contribution in [0.25, 0.3) is 6.08 Å². The molecule has 0 unspecified atom stereocenters. The molecule has 0 amide bonds.